The molecule has 122 valence electrons. The van der Waals surface area contributed by atoms with Crippen LogP contribution >= 0.6 is 0 Å². The van der Waals surface area contributed by atoms with Gasteiger partial charge in [0.05, 0.1) is 4.90 Å². The normalized spacial score (nSPS) is 11.5. The number of rotatable bonds is 3. The van der Waals surface area contributed by atoms with Crippen molar-refractivity contribution in [2.45, 2.75) is 4.90 Å². The van der Waals surface area contributed by atoms with Gasteiger partial charge in [-0.05, 0) is 28.5 Å². The average Bonchev–Trinajstić information content (AvgIpc) is 2.52. The number of carbonyl (C=O) groups is 1. The smallest absolute Gasteiger partial charge is 0.342 e. The van der Waals surface area contributed by atoms with Gasteiger partial charge in [-0.1, -0.05) is 36.4 Å². The maximum Gasteiger partial charge on any atom is 0.342 e. The lowest BCUT2D eigenvalue weighted by atomic mass is 10.0. The van der Waals surface area contributed by atoms with Crippen molar-refractivity contribution >= 4 is 26.6 Å². The molecule has 1 aromatic heterocycles. The Bertz CT molecular complexity index is 1130. The van der Waals surface area contributed by atoms with Crippen molar-refractivity contribution in [1.29, 1.82) is 0 Å². The molecular weight excluding hydrogens is 330 g/mol. The SMILES string of the molecule is CS(=O)(=O)c1cc(-c2ccc3ccccc3c2)[nH]c(=O)c1C(=O)O. The molecule has 3 aromatic rings. The van der Waals surface area contributed by atoms with Crippen LogP contribution < -0.4 is 5.56 Å². The van der Waals surface area contributed by atoms with E-state index in [0.717, 1.165) is 17.0 Å². The van der Waals surface area contributed by atoms with Gasteiger partial charge in [-0.2, -0.15) is 0 Å². The predicted octanol–water partition coefficient (Wildman–Crippen LogP) is 2.30. The molecule has 0 saturated carbocycles. The van der Waals surface area contributed by atoms with Gasteiger partial charge in [0, 0.05) is 11.9 Å². The summed E-state index contributed by atoms with van der Waals surface area (Å²) in [4.78, 5) is 25.3. The highest BCUT2D eigenvalue weighted by molar-refractivity contribution is 7.90. The monoisotopic (exact) mass is 343 g/mol. The molecule has 1 heterocycles. The summed E-state index contributed by atoms with van der Waals surface area (Å²) >= 11 is 0. The molecule has 0 radical (unpaired) electrons. The summed E-state index contributed by atoms with van der Waals surface area (Å²) in [5, 5.41) is 11.0. The van der Waals surface area contributed by atoms with Gasteiger partial charge in [0.15, 0.2) is 9.84 Å². The Hall–Kier alpha value is -2.93. The van der Waals surface area contributed by atoms with Crippen LogP contribution in [0.5, 0.6) is 0 Å². The quantitative estimate of drug-likeness (QED) is 0.759. The summed E-state index contributed by atoms with van der Waals surface area (Å²) in [6, 6.07) is 14.1. The maximum absolute atomic E-state index is 12.1. The summed E-state index contributed by atoms with van der Waals surface area (Å²) in [6.07, 6.45) is 0.873. The van der Waals surface area contributed by atoms with Crippen LogP contribution in [-0.4, -0.2) is 30.7 Å². The summed E-state index contributed by atoms with van der Waals surface area (Å²) < 4.78 is 23.8. The molecule has 3 rings (SSSR count). The minimum absolute atomic E-state index is 0.246. The van der Waals surface area contributed by atoms with Crippen LogP contribution in [0.3, 0.4) is 0 Å². The van der Waals surface area contributed by atoms with E-state index in [0.29, 0.717) is 5.56 Å². The molecule has 0 aliphatic carbocycles. The van der Waals surface area contributed by atoms with Crippen molar-refractivity contribution in [3.63, 3.8) is 0 Å². The molecule has 2 N–H and O–H groups in total. The molecule has 24 heavy (non-hydrogen) atoms. The zero-order chi connectivity index (χ0) is 17.5. The number of aromatic nitrogens is 1. The molecule has 0 amide bonds. The van der Waals surface area contributed by atoms with Crippen LogP contribution in [0.25, 0.3) is 22.0 Å². The van der Waals surface area contributed by atoms with E-state index in [1.54, 1.807) is 12.1 Å². The Balaban J connectivity index is 2.30. The molecule has 6 nitrogen and oxygen atoms in total. The first-order valence-electron chi connectivity index (χ1n) is 6.97. The van der Waals surface area contributed by atoms with Crippen molar-refractivity contribution in [3.05, 3.63) is 64.4 Å². The molecular formula is C17H13NO5S. The van der Waals surface area contributed by atoms with E-state index in [1.807, 2.05) is 30.3 Å². The van der Waals surface area contributed by atoms with Crippen molar-refractivity contribution in [2.75, 3.05) is 6.26 Å². The number of pyridine rings is 1. The highest BCUT2D eigenvalue weighted by Crippen LogP contribution is 2.25. The number of fused-ring (bicyclic) bond motifs is 1. The van der Waals surface area contributed by atoms with Crippen molar-refractivity contribution < 1.29 is 18.3 Å². The highest BCUT2D eigenvalue weighted by atomic mass is 32.2. The Morgan fingerprint density at radius 3 is 2.33 bits per heavy atom. The second kappa shape index (κ2) is 5.61. The standard InChI is InChI=1S/C17H13NO5S/c1-24(22,23)14-9-13(18-16(19)15(14)17(20)21)12-7-6-10-4-2-3-5-11(10)8-12/h2-9H,1H3,(H,18,19)(H,20,21). The van der Waals surface area contributed by atoms with E-state index in [1.165, 1.54) is 6.07 Å². The Kier molecular flexibility index (Phi) is 3.73. The van der Waals surface area contributed by atoms with Gasteiger partial charge in [0.25, 0.3) is 5.56 Å². The molecule has 7 heteroatoms. The first-order chi connectivity index (χ1) is 11.3. The molecule has 0 aliphatic heterocycles. The van der Waals surface area contributed by atoms with E-state index < -0.39 is 31.8 Å². The number of aromatic amines is 1. The van der Waals surface area contributed by atoms with E-state index in [9.17, 15) is 18.0 Å². The lowest BCUT2D eigenvalue weighted by molar-refractivity contribution is 0.0690. The van der Waals surface area contributed by atoms with Crippen LogP contribution in [0.4, 0.5) is 0 Å². The molecule has 0 atom stereocenters. The second-order valence-electron chi connectivity index (χ2n) is 5.39. The average molecular weight is 343 g/mol. The molecule has 0 fully saturated rings. The number of aromatic carboxylic acids is 1. The zero-order valence-corrected chi connectivity index (χ0v) is 13.4. The van der Waals surface area contributed by atoms with E-state index in [4.69, 9.17) is 5.11 Å². The molecule has 0 aliphatic rings. The van der Waals surface area contributed by atoms with E-state index in [-0.39, 0.29) is 5.69 Å². The van der Waals surface area contributed by atoms with Gasteiger partial charge >= 0.3 is 5.97 Å². The maximum atomic E-state index is 12.1. The minimum Gasteiger partial charge on any atom is -0.477 e. The van der Waals surface area contributed by atoms with Crippen molar-refractivity contribution in [3.8, 4) is 11.3 Å². The third-order valence-electron chi connectivity index (χ3n) is 3.67. The van der Waals surface area contributed by atoms with Crippen molar-refractivity contribution in [1.82, 2.24) is 4.98 Å². The number of benzene rings is 2. The van der Waals surface area contributed by atoms with Crippen LogP contribution in [0.15, 0.2) is 58.2 Å². The lowest BCUT2D eigenvalue weighted by Gasteiger charge is -2.08. The fourth-order valence-electron chi connectivity index (χ4n) is 2.54. The van der Waals surface area contributed by atoms with Gasteiger partial charge in [-0.3, -0.25) is 4.79 Å². The number of carboxylic acid groups (broad SMARTS) is 1. The van der Waals surface area contributed by atoms with Crippen LogP contribution in [0, 0.1) is 0 Å². The number of carboxylic acids is 1. The van der Waals surface area contributed by atoms with E-state index >= 15 is 0 Å². The van der Waals surface area contributed by atoms with Gasteiger partial charge in [0.2, 0.25) is 0 Å². The summed E-state index contributed by atoms with van der Waals surface area (Å²) in [5.41, 5.74) is -0.889. The third kappa shape index (κ3) is 2.81. The second-order valence-corrected chi connectivity index (χ2v) is 7.37. The molecule has 0 spiro atoms. The number of H-pyrrole nitrogens is 1. The molecule has 0 bridgehead atoms. The molecule has 2 aromatic carbocycles. The number of hydrogen-bond donors (Lipinski definition) is 2. The summed E-state index contributed by atoms with van der Waals surface area (Å²) in [7, 11) is -3.87. The largest absolute Gasteiger partial charge is 0.477 e. The first kappa shape index (κ1) is 15.9. The fraction of sp³-hybridized carbons (Fsp3) is 0.0588. The first-order valence-corrected chi connectivity index (χ1v) is 8.86. The molecule has 0 unspecified atom stereocenters. The summed E-state index contributed by atoms with van der Waals surface area (Å²) in [6.45, 7) is 0. The van der Waals surface area contributed by atoms with Gasteiger partial charge < -0.3 is 10.1 Å². The Morgan fingerprint density at radius 2 is 1.71 bits per heavy atom. The van der Waals surface area contributed by atoms with Gasteiger partial charge in [0.1, 0.15) is 5.56 Å². The topological polar surface area (TPSA) is 104 Å². The van der Waals surface area contributed by atoms with Crippen LogP contribution in [-0.2, 0) is 9.84 Å². The molecule has 0 saturated heterocycles. The van der Waals surface area contributed by atoms with Crippen molar-refractivity contribution in [2.24, 2.45) is 0 Å². The zero-order valence-electron chi connectivity index (χ0n) is 12.6. The van der Waals surface area contributed by atoms with Gasteiger partial charge in [-0.25, -0.2) is 13.2 Å². The third-order valence-corrected chi connectivity index (χ3v) is 4.79. The fourth-order valence-corrected chi connectivity index (χ4v) is 3.43. The number of hydrogen-bond acceptors (Lipinski definition) is 4. The van der Waals surface area contributed by atoms with Crippen LogP contribution in [0.2, 0.25) is 0 Å². The lowest BCUT2D eigenvalue weighted by Crippen LogP contribution is -2.22. The van der Waals surface area contributed by atoms with Crippen LogP contribution in [0.1, 0.15) is 10.4 Å². The Labute approximate surface area is 137 Å². The Morgan fingerprint density at radius 1 is 1.04 bits per heavy atom. The minimum atomic E-state index is -3.87. The van der Waals surface area contributed by atoms with E-state index in [2.05, 4.69) is 4.98 Å². The van der Waals surface area contributed by atoms with Gasteiger partial charge in [-0.15, -0.1) is 0 Å². The highest BCUT2D eigenvalue weighted by Gasteiger charge is 2.23. The number of nitrogens with one attached hydrogen (secondary N) is 1. The summed E-state index contributed by atoms with van der Waals surface area (Å²) in [5.74, 6) is -1.58. The predicted molar refractivity (Wildman–Crippen MR) is 90.1 cm³/mol. The number of sulfone groups is 1.